The third-order valence-corrected chi connectivity index (χ3v) is 13.3. The third kappa shape index (κ3) is 6.20. The summed E-state index contributed by atoms with van der Waals surface area (Å²) in [6.07, 6.45) is 9.95. The second-order valence-corrected chi connectivity index (χ2v) is 16.9. The van der Waals surface area contributed by atoms with Gasteiger partial charge in [0, 0.05) is 42.7 Å². The van der Waals surface area contributed by atoms with Gasteiger partial charge >= 0.3 is 0 Å². The Hall–Kier alpha value is -2.59. The summed E-state index contributed by atoms with van der Waals surface area (Å²) in [5.41, 5.74) is 2.91. The average Bonchev–Trinajstić information content (AvgIpc) is 3.14. The lowest BCUT2D eigenvalue weighted by molar-refractivity contribution is -0.0861. The van der Waals surface area contributed by atoms with Gasteiger partial charge in [0.2, 0.25) is 10.0 Å². The Morgan fingerprint density at radius 2 is 1.96 bits per heavy atom. The van der Waals surface area contributed by atoms with Crippen LogP contribution in [-0.2, 0) is 26.6 Å². The highest BCUT2D eigenvalue weighted by atomic mass is 35.5. The molecular formula is C36H48ClN3O5S. The van der Waals surface area contributed by atoms with E-state index in [9.17, 15) is 13.2 Å². The summed E-state index contributed by atoms with van der Waals surface area (Å²) < 4.78 is 42.2. The van der Waals surface area contributed by atoms with Crippen LogP contribution in [0.4, 0.5) is 5.69 Å². The zero-order valence-corrected chi connectivity index (χ0v) is 29.3. The molecule has 2 heterocycles. The van der Waals surface area contributed by atoms with E-state index in [0.29, 0.717) is 30.3 Å². The van der Waals surface area contributed by atoms with Crippen molar-refractivity contribution < 1.29 is 22.7 Å². The second-order valence-electron chi connectivity index (χ2n) is 14.4. The number of hydrogen-bond donors (Lipinski definition) is 1. The number of nitrogens with zero attached hydrogens (tertiary/aromatic N) is 2. The van der Waals surface area contributed by atoms with Gasteiger partial charge in [0.25, 0.3) is 5.91 Å². The quantitative estimate of drug-likeness (QED) is 0.412. The molecule has 46 heavy (non-hydrogen) atoms. The molecule has 1 N–H and O–H groups in total. The summed E-state index contributed by atoms with van der Waals surface area (Å²) in [4.78, 5) is 18.1. The largest absolute Gasteiger partial charge is 0.490 e. The lowest BCUT2D eigenvalue weighted by atomic mass is 9.63. The molecule has 0 unspecified atom stereocenters. The minimum Gasteiger partial charge on any atom is -0.490 e. The van der Waals surface area contributed by atoms with Crippen LogP contribution in [0.25, 0.3) is 0 Å². The first-order valence-electron chi connectivity index (χ1n) is 16.6. The van der Waals surface area contributed by atoms with Crippen LogP contribution in [0.15, 0.2) is 48.6 Å². The van der Waals surface area contributed by atoms with E-state index in [-0.39, 0.29) is 17.3 Å². The number of aryl methyl sites for hydroxylation is 1. The predicted molar refractivity (Wildman–Crippen MR) is 183 cm³/mol. The lowest BCUT2D eigenvalue weighted by Gasteiger charge is -2.51. The molecule has 2 aromatic rings. The van der Waals surface area contributed by atoms with Crippen LogP contribution in [0, 0.1) is 17.8 Å². The SMILES string of the molecule is CO[C@]1(CN(C)C)/C=C/C[C@H](C)[C@@H](C)S(=O)(=O)NC(=O)c2ccc3c(c2)N(C[C@@H]2CC[C@H]21)C[C@@]1(CCCc2cc(Cl)ccc21)CO3. The highest BCUT2D eigenvalue weighted by Gasteiger charge is 2.49. The number of carbonyl (C=O) groups is 1. The maximum absolute atomic E-state index is 13.5. The topological polar surface area (TPSA) is 88.2 Å². The van der Waals surface area contributed by atoms with Crippen molar-refractivity contribution in [2.24, 2.45) is 17.8 Å². The molecule has 6 rings (SSSR count). The summed E-state index contributed by atoms with van der Waals surface area (Å²) in [5.74, 6) is 0.506. The molecule has 6 atom stereocenters. The van der Waals surface area contributed by atoms with Gasteiger partial charge in [-0.15, -0.1) is 0 Å². The number of hydrogen-bond acceptors (Lipinski definition) is 7. The average molecular weight is 670 g/mol. The van der Waals surface area contributed by atoms with Crippen molar-refractivity contribution in [3.05, 3.63) is 70.3 Å². The first-order valence-corrected chi connectivity index (χ1v) is 18.5. The van der Waals surface area contributed by atoms with Crippen LogP contribution in [0.2, 0.25) is 5.02 Å². The van der Waals surface area contributed by atoms with Crippen LogP contribution in [0.1, 0.15) is 67.4 Å². The first-order chi connectivity index (χ1) is 21.9. The molecule has 1 amide bonds. The Morgan fingerprint density at radius 3 is 2.67 bits per heavy atom. The number of amides is 1. The summed E-state index contributed by atoms with van der Waals surface area (Å²) in [6, 6.07) is 11.6. The van der Waals surface area contributed by atoms with E-state index in [1.807, 2.05) is 25.1 Å². The van der Waals surface area contributed by atoms with Crippen molar-refractivity contribution in [2.45, 2.75) is 68.6 Å². The molecule has 2 aromatic carbocycles. The van der Waals surface area contributed by atoms with Gasteiger partial charge in [-0.2, -0.15) is 0 Å². The zero-order chi connectivity index (χ0) is 32.9. The molecule has 2 bridgehead atoms. The fourth-order valence-electron chi connectivity index (χ4n) is 8.30. The summed E-state index contributed by atoms with van der Waals surface area (Å²) in [6.45, 7) is 6.32. The molecule has 8 nitrogen and oxygen atoms in total. The number of benzene rings is 2. The monoisotopic (exact) mass is 669 g/mol. The molecule has 1 fully saturated rings. The smallest absolute Gasteiger partial charge is 0.264 e. The second kappa shape index (κ2) is 12.8. The van der Waals surface area contributed by atoms with Crippen LogP contribution in [0.5, 0.6) is 5.75 Å². The Labute approximate surface area is 279 Å². The lowest BCUT2D eigenvalue weighted by Crippen LogP contribution is -2.56. The van der Waals surface area contributed by atoms with E-state index in [2.05, 4.69) is 52.9 Å². The first kappa shape index (κ1) is 33.3. The summed E-state index contributed by atoms with van der Waals surface area (Å²) in [7, 11) is 2.01. The van der Waals surface area contributed by atoms with Crippen molar-refractivity contribution in [1.82, 2.24) is 9.62 Å². The Morgan fingerprint density at radius 1 is 1.15 bits per heavy atom. The standard InChI is InChI=1S/C36H48ClN3O5S/c1-24-8-6-17-36(44-5,22-39(3)4)31-13-10-28(31)20-40-21-35(16-7-9-26-18-29(37)12-14-30(26)35)23-45-33-15-11-27(19-32(33)40)34(41)38-46(42,43)25(24)2/h6,11-12,14-15,17-19,24-25,28,31H,7-10,13,16,20-23H2,1-5H3,(H,38,41)/b17-6+/t24-,25+,28-,31+,35-,36-/m0/s1. The van der Waals surface area contributed by atoms with E-state index in [0.717, 1.165) is 62.4 Å². The normalized spacial score (nSPS) is 33.2. The Bertz CT molecular complexity index is 1610. The van der Waals surface area contributed by atoms with E-state index >= 15 is 0 Å². The van der Waals surface area contributed by atoms with Crippen molar-refractivity contribution in [3.8, 4) is 5.75 Å². The van der Waals surface area contributed by atoms with Crippen LogP contribution in [-0.4, -0.2) is 77.5 Å². The molecule has 4 aliphatic rings. The molecule has 1 spiro atoms. The van der Waals surface area contributed by atoms with E-state index < -0.39 is 26.8 Å². The molecule has 2 aliphatic heterocycles. The van der Waals surface area contributed by atoms with Crippen LogP contribution >= 0.6 is 11.6 Å². The van der Waals surface area contributed by atoms with Gasteiger partial charge in [-0.1, -0.05) is 36.7 Å². The van der Waals surface area contributed by atoms with E-state index in [1.54, 1.807) is 20.1 Å². The van der Waals surface area contributed by atoms with Gasteiger partial charge in [-0.25, -0.2) is 13.1 Å². The van der Waals surface area contributed by atoms with Crippen molar-refractivity contribution in [3.63, 3.8) is 0 Å². The van der Waals surface area contributed by atoms with Crippen molar-refractivity contribution in [1.29, 1.82) is 0 Å². The van der Waals surface area contributed by atoms with Gasteiger partial charge in [0.05, 0.1) is 17.5 Å². The van der Waals surface area contributed by atoms with E-state index in [4.69, 9.17) is 21.1 Å². The fourth-order valence-corrected chi connectivity index (χ4v) is 9.78. The maximum Gasteiger partial charge on any atom is 0.264 e. The minimum atomic E-state index is -3.93. The number of carbonyl (C=O) groups excluding carboxylic acids is 1. The van der Waals surface area contributed by atoms with Gasteiger partial charge in [0.1, 0.15) is 11.4 Å². The highest BCUT2D eigenvalue weighted by molar-refractivity contribution is 7.90. The molecule has 250 valence electrons. The third-order valence-electron chi connectivity index (χ3n) is 11.2. The predicted octanol–water partition coefficient (Wildman–Crippen LogP) is 5.83. The molecule has 1 saturated carbocycles. The van der Waals surface area contributed by atoms with E-state index in [1.165, 1.54) is 11.1 Å². The summed E-state index contributed by atoms with van der Waals surface area (Å²) in [5, 5.41) is -0.0215. The molecule has 2 aliphatic carbocycles. The van der Waals surface area contributed by atoms with Gasteiger partial charge in [0.15, 0.2) is 0 Å². The molecule has 0 aromatic heterocycles. The van der Waals surface area contributed by atoms with Gasteiger partial charge < -0.3 is 19.3 Å². The molecule has 0 saturated heterocycles. The minimum absolute atomic E-state index is 0.207. The number of rotatable bonds is 3. The fraction of sp³-hybridized carbons (Fsp3) is 0.583. The Kier molecular flexibility index (Phi) is 9.26. The number of methoxy groups -OCH3 is 1. The number of halogens is 1. The number of fused-ring (bicyclic) bond motifs is 4. The number of ether oxygens (including phenoxy) is 2. The van der Waals surface area contributed by atoms with Gasteiger partial charge in [-0.3, -0.25) is 4.79 Å². The van der Waals surface area contributed by atoms with Crippen molar-refractivity contribution in [2.75, 3.05) is 52.3 Å². The zero-order valence-electron chi connectivity index (χ0n) is 27.7. The van der Waals surface area contributed by atoms with Crippen LogP contribution in [0.3, 0.4) is 0 Å². The number of likely N-dealkylation sites (N-methyl/N-ethyl adjacent to an activating group) is 1. The van der Waals surface area contributed by atoms with Crippen LogP contribution < -0.4 is 14.4 Å². The molecule has 0 radical (unpaired) electrons. The maximum atomic E-state index is 13.5. The number of allylic oxidation sites excluding steroid dienone is 1. The molecular weight excluding hydrogens is 622 g/mol. The van der Waals surface area contributed by atoms with Crippen molar-refractivity contribution >= 4 is 33.2 Å². The highest BCUT2D eigenvalue weighted by Crippen LogP contribution is 2.49. The molecule has 10 heteroatoms. The Balaban J connectivity index is 1.47. The number of nitrogens with one attached hydrogen (secondary N) is 1. The summed E-state index contributed by atoms with van der Waals surface area (Å²) >= 11 is 6.45. The number of anilines is 1. The number of sulfonamides is 1. The van der Waals surface area contributed by atoms with Gasteiger partial charge in [-0.05, 0) is 119 Å².